The quantitative estimate of drug-likeness (QED) is 0.440. The first-order valence-electron chi connectivity index (χ1n) is 6.22. The van der Waals surface area contributed by atoms with E-state index in [9.17, 15) is 4.79 Å². The molecule has 0 saturated heterocycles. The number of carbonyl (C=O) groups is 1. The Hall–Kier alpha value is -1.22. The largest absolute Gasteiger partial charge is 0.466 e. The summed E-state index contributed by atoms with van der Waals surface area (Å²) in [6, 6.07) is 10.2. The molecule has 0 aliphatic rings. The molecule has 0 spiro atoms. The number of carbonyl (C=O) groups excluding carboxylic acids is 1. The third-order valence-electron chi connectivity index (χ3n) is 2.65. The third-order valence-corrected chi connectivity index (χ3v) is 3.97. The summed E-state index contributed by atoms with van der Waals surface area (Å²) in [5.74, 6) is -0.218. The van der Waals surface area contributed by atoms with Crippen molar-refractivity contribution >= 4 is 17.7 Å². The van der Waals surface area contributed by atoms with Crippen molar-refractivity contribution in [1.82, 2.24) is 0 Å². The molecule has 1 atom stereocenters. The van der Waals surface area contributed by atoms with Gasteiger partial charge in [0.15, 0.2) is 0 Å². The Morgan fingerprint density at radius 2 is 2.00 bits per heavy atom. The first-order chi connectivity index (χ1) is 8.71. The maximum atomic E-state index is 11.5. The topological polar surface area (TPSA) is 26.3 Å². The second-order valence-electron chi connectivity index (χ2n) is 3.91. The predicted molar refractivity (Wildman–Crippen MR) is 76.8 cm³/mol. The molecule has 1 unspecified atom stereocenters. The van der Waals surface area contributed by atoms with Crippen molar-refractivity contribution in [3.05, 3.63) is 42.0 Å². The molecular formula is C15H20O2S. The van der Waals surface area contributed by atoms with Crippen LogP contribution in [0.4, 0.5) is 0 Å². The average Bonchev–Trinajstić information content (AvgIpc) is 2.43. The fourth-order valence-corrected chi connectivity index (χ4v) is 2.66. The summed E-state index contributed by atoms with van der Waals surface area (Å²) < 4.78 is 4.78. The fourth-order valence-electron chi connectivity index (χ4n) is 1.59. The van der Waals surface area contributed by atoms with Crippen LogP contribution in [0.3, 0.4) is 0 Å². The van der Waals surface area contributed by atoms with Crippen LogP contribution in [0, 0.1) is 0 Å². The molecule has 0 fully saturated rings. The highest BCUT2D eigenvalue weighted by molar-refractivity contribution is 8.00. The van der Waals surface area contributed by atoms with Crippen LogP contribution < -0.4 is 0 Å². The molecule has 0 amide bonds. The number of hydrogen-bond acceptors (Lipinski definition) is 3. The number of hydrogen-bond donors (Lipinski definition) is 0. The van der Waals surface area contributed by atoms with E-state index in [4.69, 9.17) is 4.74 Å². The Kier molecular flexibility index (Phi) is 6.58. The van der Waals surface area contributed by atoms with Gasteiger partial charge in [-0.3, -0.25) is 0 Å². The van der Waals surface area contributed by atoms with Gasteiger partial charge in [0.25, 0.3) is 0 Å². The van der Waals surface area contributed by atoms with Crippen LogP contribution in [-0.2, 0) is 9.53 Å². The van der Waals surface area contributed by atoms with E-state index < -0.39 is 0 Å². The van der Waals surface area contributed by atoms with E-state index in [1.807, 2.05) is 31.2 Å². The molecule has 1 aromatic rings. The second-order valence-corrected chi connectivity index (χ2v) is 5.23. The van der Waals surface area contributed by atoms with E-state index in [2.05, 4.69) is 19.1 Å². The Bertz CT molecular complexity index is 398. The van der Waals surface area contributed by atoms with Crippen molar-refractivity contribution in [1.29, 1.82) is 0 Å². The van der Waals surface area contributed by atoms with Gasteiger partial charge in [-0.05, 0) is 25.0 Å². The number of thioether (sulfide) groups is 1. The summed E-state index contributed by atoms with van der Waals surface area (Å²) in [7, 11) is 1.43. The van der Waals surface area contributed by atoms with Gasteiger partial charge in [0.2, 0.25) is 0 Å². The van der Waals surface area contributed by atoms with E-state index in [0.717, 1.165) is 12.0 Å². The summed E-state index contributed by atoms with van der Waals surface area (Å²) in [5, 5.41) is 0.307. The van der Waals surface area contributed by atoms with E-state index in [-0.39, 0.29) is 5.97 Å². The zero-order valence-electron chi connectivity index (χ0n) is 11.2. The maximum absolute atomic E-state index is 11.5. The van der Waals surface area contributed by atoms with Gasteiger partial charge in [0.1, 0.15) is 0 Å². The van der Waals surface area contributed by atoms with Gasteiger partial charge in [0, 0.05) is 15.7 Å². The molecule has 0 saturated carbocycles. The van der Waals surface area contributed by atoms with Crippen LogP contribution in [0.25, 0.3) is 0 Å². The first-order valence-corrected chi connectivity index (χ1v) is 7.09. The highest BCUT2D eigenvalue weighted by Gasteiger charge is 2.11. The van der Waals surface area contributed by atoms with Crippen LogP contribution in [0.15, 0.2) is 46.9 Å². The van der Waals surface area contributed by atoms with Crippen molar-refractivity contribution in [3.8, 4) is 0 Å². The van der Waals surface area contributed by atoms with Gasteiger partial charge >= 0.3 is 5.97 Å². The van der Waals surface area contributed by atoms with Crippen LogP contribution in [0.2, 0.25) is 0 Å². The maximum Gasteiger partial charge on any atom is 0.333 e. The summed E-state index contributed by atoms with van der Waals surface area (Å²) in [5.41, 5.74) is 0.757. The summed E-state index contributed by atoms with van der Waals surface area (Å²) >= 11 is 1.78. The highest BCUT2D eigenvalue weighted by atomic mass is 32.2. The second kappa shape index (κ2) is 7.98. The van der Waals surface area contributed by atoms with E-state index in [0.29, 0.717) is 11.7 Å². The van der Waals surface area contributed by atoms with Crippen molar-refractivity contribution in [3.63, 3.8) is 0 Å². The van der Waals surface area contributed by atoms with E-state index in [1.54, 1.807) is 11.8 Å². The molecule has 98 valence electrons. The molecule has 0 heterocycles. The Morgan fingerprint density at radius 3 is 2.50 bits per heavy atom. The molecule has 18 heavy (non-hydrogen) atoms. The van der Waals surface area contributed by atoms with Crippen molar-refractivity contribution in [2.75, 3.05) is 7.11 Å². The first kappa shape index (κ1) is 14.8. The zero-order valence-corrected chi connectivity index (χ0v) is 12.0. The molecule has 2 nitrogen and oxygen atoms in total. The van der Waals surface area contributed by atoms with E-state index >= 15 is 0 Å². The highest BCUT2D eigenvalue weighted by Crippen LogP contribution is 2.27. The Morgan fingerprint density at radius 1 is 1.33 bits per heavy atom. The SMILES string of the molecule is CC/C(=C\C(CC)Sc1ccccc1)C(=O)OC. The van der Waals surface area contributed by atoms with Crippen molar-refractivity contribution < 1.29 is 9.53 Å². The Balaban J connectivity index is 2.77. The minimum Gasteiger partial charge on any atom is -0.466 e. The number of benzene rings is 1. The number of methoxy groups -OCH3 is 1. The van der Waals surface area contributed by atoms with Gasteiger partial charge in [-0.2, -0.15) is 0 Å². The molecule has 1 rings (SSSR count). The molecule has 3 heteroatoms. The molecule has 0 bridgehead atoms. The van der Waals surface area contributed by atoms with Crippen molar-refractivity contribution in [2.24, 2.45) is 0 Å². The van der Waals surface area contributed by atoms with Crippen molar-refractivity contribution in [2.45, 2.75) is 36.8 Å². The van der Waals surface area contributed by atoms with Crippen LogP contribution in [0.1, 0.15) is 26.7 Å². The standard InChI is InChI=1S/C15H20O2S/c1-4-12(15(16)17-3)11-13(5-2)18-14-9-7-6-8-10-14/h6-11,13H,4-5H2,1-3H3/b12-11+. The normalized spacial score (nSPS) is 13.2. The summed E-state index contributed by atoms with van der Waals surface area (Å²) in [6.07, 6.45) is 3.72. The lowest BCUT2D eigenvalue weighted by molar-refractivity contribution is -0.136. The number of esters is 1. The molecular weight excluding hydrogens is 244 g/mol. The minimum absolute atomic E-state index is 0.218. The van der Waals surface area contributed by atoms with Crippen LogP contribution in [-0.4, -0.2) is 18.3 Å². The van der Waals surface area contributed by atoms with E-state index in [1.165, 1.54) is 12.0 Å². The smallest absolute Gasteiger partial charge is 0.333 e. The van der Waals surface area contributed by atoms with Gasteiger partial charge in [0.05, 0.1) is 7.11 Å². The lowest BCUT2D eigenvalue weighted by Crippen LogP contribution is -2.07. The monoisotopic (exact) mass is 264 g/mol. The molecule has 1 aromatic carbocycles. The lowest BCUT2D eigenvalue weighted by atomic mass is 10.1. The number of ether oxygens (including phenoxy) is 1. The van der Waals surface area contributed by atoms with Gasteiger partial charge in [-0.25, -0.2) is 4.79 Å². The summed E-state index contributed by atoms with van der Waals surface area (Å²) in [6.45, 7) is 4.10. The van der Waals surface area contributed by atoms with Crippen LogP contribution in [0.5, 0.6) is 0 Å². The number of rotatable bonds is 6. The summed E-state index contributed by atoms with van der Waals surface area (Å²) in [4.78, 5) is 12.8. The molecule has 0 aromatic heterocycles. The molecule has 0 aliphatic heterocycles. The third kappa shape index (κ3) is 4.57. The molecule has 0 N–H and O–H groups in total. The molecule has 0 radical (unpaired) electrons. The predicted octanol–water partition coefficient (Wildman–Crippen LogP) is 4.07. The lowest BCUT2D eigenvalue weighted by Gasteiger charge is -2.12. The van der Waals surface area contributed by atoms with Gasteiger partial charge in [-0.1, -0.05) is 38.1 Å². The fraction of sp³-hybridized carbons (Fsp3) is 0.400. The minimum atomic E-state index is -0.218. The molecule has 0 aliphatic carbocycles. The Labute approximate surface area is 113 Å². The average molecular weight is 264 g/mol. The van der Waals surface area contributed by atoms with Crippen LogP contribution >= 0.6 is 11.8 Å². The van der Waals surface area contributed by atoms with Gasteiger partial charge < -0.3 is 4.74 Å². The van der Waals surface area contributed by atoms with Gasteiger partial charge in [-0.15, -0.1) is 11.8 Å². The zero-order chi connectivity index (χ0) is 13.4.